The maximum atomic E-state index is 8.63. The molecule has 0 saturated carbocycles. The van der Waals surface area contributed by atoms with E-state index < -0.39 is 5.92 Å². The third kappa shape index (κ3) is 1.94. The average Bonchev–Trinajstić information content (AvgIpc) is 2.07. The molecule has 1 fully saturated rings. The van der Waals surface area contributed by atoms with Crippen LogP contribution in [0.5, 0.6) is 0 Å². The second-order valence-corrected chi connectivity index (χ2v) is 3.06. The first-order chi connectivity index (χ1) is 5.77. The van der Waals surface area contributed by atoms with Gasteiger partial charge in [-0.15, -0.1) is 0 Å². The summed E-state index contributed by atoms with van der Waals surface area (Å²) in [5.74, 6) is -0.521. The van der Waals surface area contributed by atoms with E-state index in [2.05, 4.69) is 10.2 Å². The van der Waals surface area contributed by atoms with Crippen LogP contribution in [-0.4, -0.2) is 37.6 Å². The molecule has 0 aromatic carbocycles. The highest BCUT2D eigenvalue weighted by molar-refractivity contribution is 5.06. The largest absolute Gasteiger partial charge is 0.309 e. The van der Waals surface area contributed by atoms with Gasteiger partial charge in [-0.25, -0.2) is 0 Å². The first-order valence-electron chi connectivity index (χ1n) is 3.99. The summed E-state index contributed by atoms with van der Waals surface area (Å²) in [5, 5.41) is 20.4. The number of hydrogen-bond donors (Lipinski definition) is 1. The molecule has 0 aliphatic carbocycles. The van der Waals surface area contributed by atoms with Gasteiger partial charge in [-0.2, -0.15) is 10.5 Å². The summed E-state index contributed by atoms with van der Waals surface area (Å²) in [5.41, 5.74) is 0. The molecule has 0 amide bonds. The van der Waals surface area contributed by atoms with Crippen LogP contribution < -0.4 is 5.32 Å². The second kappa shape index (κ2) is 4.06. The molecule has 0 aromatic rings. The lowest BCUT2D eigenvalue weighted by Gasteiger charge is -2.31. The first kappa shape index (κ1) is 8.99. The zero-order valence-corrected chi connectivity index (χ0v) is 7.12. The highest BCUT2D eigenvalue weighted by atomic mass is 15.2. The second-order valence-electron chi connectivity index (χ2n) is 3.06. The summed E-state index contributed by atoms with van der Waals surface area (Å²) in [4.78, 5) is 2.13. The van der Waals surface area contributed by atoms with Crippen molar-refractivity contribution in [2.45, 2.75) is 6.04 Å². The molecule has 1 heterocycles. The Morgan fingerprint density at radius 3 is 2.67 bits per heavy atom. The van der Waals surface area contributed by atoms with Crippen molar-refractivity contribution in [3.05, 3.63) is 0 Å². The Hall–Kier alpha value is -1.10. The van der Waals surface area contributed by atoms with Gasteiger partial charge in [0.1, 0.15) is 5.92 Å². The van der Waals surface area contributed by atoms with Crippen molar-refractivity contribution < 1.29 is 0 Å². The molecule has 1 saturated heterocycles. The third-order valence-corrected chi connectivity index (χ3v) is 2.09. The van der Waals surface area contributed by atoms with E-state index in [9.17, 15) is 0 Å². The van der Waals surface area contributed by atoms with Gasteiger partial charge < -0.3 is 10.2 Å². The van der Waals surface area contributed by atoms with Gasteiger partial charge in [0.2, 0.25) is 0 Å². The summed E-state index contributed by atoms with van der Waals surface area (Å²) in [6.07, 6.45) is 0. The number of nitrogens with one attached hydrogen (secondary N) is 1. The maximum absolute atomic E-state index is 8.63. The van der Waals surface area contributed by atoms with Crippen molar-refractivity contribution in [2.24, 2.45) is 5.92 Å². The molecule has 64 valence electrons. The molecule has 0 aromatic heterocycles. The average molecular weight is 164 g/mol. The van der Waals surface area contributed by atoms with Gasteiger partial charge in [-0.1, -0.05) is 0 Å². The van der Waals surface area contributed by atoms with Gasteiger partial charge in [0.05, 0.1) is 12.1 Å². The molecule has 1 atom stereocenters. The predicted molar refractivity (Wildman–Crippen MR) is 44.0 cm³/mol. The fraction of sp³-hybridized carbons (Fsp3) is 0.750. The topological polar surface area (TPSA) is 62.9 Å². The lowest BCUT2D eigenvalue weighted by molar-refractivity contribution is 0.226. The van der Waals surface area contributed by atoms with Gasteiger partial charge in [0.25, 0.3) is 0 Å². The van der Waals surface area contributed by atoms with Crippen LogP contribution in [0, 0.1) is 28.6 Å². The fourth-order valence-corrected chi connectivity index (χ4v) is 1.36. The van der Waals surface area contributed by atoms with E-state index in [0.717, 1.165) is 19.6 Å². The maximum Gasteiger partial charge on any atom is 0.149 e. The number of likely N-dealkylation sites (N-methyl/N-ethyl adjacent to an activating group) is 1. The van der Waals surface area contributed by atoms with Crippen molar-refractivity contribution >= 4 is 0 Å². The number of nitrogens with zero attached hydrogens (tertiary/aromatic N) is 3. The molecule has 0 radical (unpaired) electrons. The molecule has 1 rings (SSSR count). The van der Waals surface area contributed by atoms with Crippen LogP contribution in [0.1, 0.15) is 0 Å². The number of hydrogen-bond acceptors (Lipinski definition) is 4. The number of rotatable bonds is 1. The van der Waals surface area contributed by atoms with Crippen LogP contribution in [-0.2, 0) is 0 Å². The quantitative estimate of drug-likeness (QED) is 0.570. The lowest BCUT2D eigenvalue weighted by atomic mass is 10.0. The van der Waals surface area contributed by atoms with Crippen molar-refractivity contribution in [3.63, 3.8) is 0 Å². The normalized spacial score (nSPS) is 24.8. The number of piperazine rings is 1. The van der Waals surface area contributed by atoms with Gasteiger partial charge in [0, 0.05) is 25.7 Å². The van der Waals surface area contributed by atoms with Gasteiger partial charge in [-0.3, -0.25) is 0 Å². The van der Waals surface area contributed by atoms with Crippen molar-refractivity contribution in [1.82, 2.24) is 10.2 Å². The zero-order chi connectivity index (χ0) is 8.97. The standard InChI is InChI=1S/C8H12N4/c1-12-3-2-11-8(6-12)7(4-9)5-10/h7-8,11H,2-3,6H2,1H3. The van der Waals surface area contributed by atoms with Crippen LogP contribution in [0.4, 0.5) is 0 Å². The summed E-state index contributed by atoms with van der Waals surface area (Å²) in [6.45, 7) is 2.63. The first-order valence-corrected chi connectivity index (χ1v) is 3.99. The molecule has 1 N–H and O–H groups in total. The van der Waals surface area contributed by atoms with E-state index >= 15 is 0 Å². The Kier molecular flexibility index (Phi) is 3.04. The Labute approximate surface area is 72.4 Å². The smallest absolute Gasteiger partial charge is 0.149 e. The van der Waals surface area contributed by atoms with Gasteiger partial charge in [-0.05, 0) is 7.05 Å². The van der Waals surface area contributed by atoms with Crippen molar-refractivity contribution in [3.8, 4) is 12.1 Å². The predicted octanol–water partition coefficient (Wildman–Crippen LogP) is -0.447. The van der Waals surface area contributed by atoms with E-state index in [-0.39, 0.29) is 6.04 Å². The summed E-state index contributed by atoms with van der Waals surface area (Å²) in [6, 6.07) is 4.00. The minimum atomic E-state index is -0.521. The van der Waals surface area contributed by atoms with Crippen molar-refractivity contribution in [1.29, 1.82) is 10.5 Å². The number of nitriles is 2. The van der Waals surface area contributed by atoms with Gasteiger partial charge in [0.15, 0.2) is 0 Å². The van der Waals surface area contributed by atoms with E-state index in [1.807, 2.05) is 19.2 Å². The minimum Gasteiger partial charge on any atom is -0.309 e. The summed E-state index contributed by atoms with van der Waals surface area (Å²) < 4.78 is 0. The van der Waals surface area contributed by atoms with E-state index in [1.54, 1.807) is 0 Å². The Morgan fingerprint density at radius 2 is 2.17 bits per heavy atom. The molecule has 12 heavy (non-hydrogen) atoms. The Morgan fingerprint density at radius 1 is 1.50 bits per heavy atom. The zero-order valence-electron chi connectivity index (χ0n) is 7.12. The molecule has 4 nitrogen and oxygen atoms in total. The van der Waals surface area contributed by atoms with Crippen molar-refractivity contribution in [2.75, 3.05) is 26.7 Å². The summed E-state index contributed by atoms with van der Waals surface area (Å²) >= 11 is 0. The van der Waals surface area contributed by atoms with Crippen LogP contribution >= 0.6 is 0 Å². The SMILES string of the molecule is CN1CCNC(C(C#N)C#N)C1. The Balaban J connectivity index is 2.52. The highest BCUT2D eigenvalue weighted by Crippen LogP contribution is 2.06. The van der Waals surface area contributed by atoms with Crippen LogP contribution in [0.15, 0.2) is 0 Å². The monoisotopic (exact) mass is 164 g/mol. The van der Waals surface area contributed by atoms with E-state index in [1.165, 1.54) is 0 Å². The molecule has 1 unspecified atom stereocenters. The molecular weight excluding hydrogens is 152 g/mol. The van der Waals surface area contributed by atoms with E-state index in [0.29, 0.717) is 0 Å². The molecular formula is C8H12N4. The lowest BCUT2D eigenvalue weighted by Crippen LogP contribution is -2.51. The van der Waals surface area contributed by atoms with E-state index in [4.69, 9.17) is 10.5 Å². The molecule has 1 aliphatic heterocycles. The molecule has 4 heteroatoms. The third-order valence-electron chi connectivity index (χ3n) is 2.09. The molecule has 1 aliphatic rings. The summed E-state index contributed by atoms with van der Waals surface area (Å²) in [7, 11) is 2.00. The molecule has 0 spiro atoms. The van der Waals surface area contributed by atoms with Crippen LogP contribution in [0.3, 0.4) is 0 Å². The minimum absolute atomic E-state index is 0.0127. The fourth-order valence-electron chi connectivity index (χ4n) is 1.36. The molecule has 0 bridgehead atoms. The Bertz CT molecular complexity index is 210. The van der Waals surface area contributed by atoms with Gasteiger partial charge >= 0.3 is 0 Å². The highest BCUT2D eigenvalue weighted by Gasteiger charge is 2.24. The van der Waals surface area contributed by atoms with Crippen LogP contribution in [0.25, 0.3) is 0 Å². The van der Waals surface area contributed by atoms with Crippen LogP contribution in [0.2, 0.25) is 0 Å².